The molecule has 0 saturated heterocycles. The smallest absolute Gasteiger partial charge is 0.341 e. The highest BCUT2D eigenvalue weighted by Gasteiger charge is 2.17. The fraction of sp³-hybridized carbons (Fsp3) is 0.533. The van der Waals surface area contributed by atoms with Gasteiger partial charge in [-0.3, -0.25) is 0 Å². The van der Waals surface area contributed by atoms with E-state index in [2.05, 4.69) is 10.1 Å². The molecule has 0 spiro atoms. The van der Waals surface area contributed by atoms with Gasteiger partial charge in [-0.2, -0.15) is 0 Å². The van der Waals surface area contributed by atoms with Gasteiger partial charge in [0.2, 0.25) is 0 Å². The average Bonchev–Trinajstić information content (AvgIpc) is 2.46. The number of quaternary nitrogens is 1. The van der Waals surface area contributed by atoms with E-state index in [0.717, 1.165) is 12.1 Å². The molecule has 104 valence electrons. The molecular formula is C15H22NO3+. The molecule has 0 heterocycles. The lowest BCUT2D eigenvalue weighted by atomic mass is 9.95. The normalized spacial score (nSPS) is 16.3. The standard InChI is InChI=1S/C15H21NO3/c1-19-15(18)13-9-11(7-8-14(13)17)10-16-12-5-3-2-4-6-12/h7-9,12,16-17H,2-6,10H2,1H3/p+1. The summed E-state index contributed by atoms with van der Waals surface area (Å²) in [6, 6.07) is 5.85. The maximum Gasteiger partial charge on any atom is 0.341 e. The van der Waals surface area contributed by atoms with E-state index in [9.17, 15) is 9.90 Å². The molecule has 0 atom stereocenters. The number of hydrogen-bond acceptors (Lipinski definition) is 3. The van der Waals surface area contributed by atoms with E-state index in [1.165, 1.54) is 39.2 Å². The Morgan fingerprint density at radius 3 is 2.79 bits per heavy atom. The number of ether oxygens (including phenoxy) is 1. The summed E-state index contributed by atoms with van der Waals surface area (Å²) >= 11 is 0. The molecule has 0 radical (unpaired) electrons. The first kappa shape index (κ1) is 13.9. The highest BCUT2D eigenvalue weighted by Crippen LogP contribution is 2.19. The van der Waals surface area contributed by atoms with E-state index in [4.69, 9.17) is 0 Å². The Balaban J connectivity index is 1.98. The summed E-state index contributed by atoms with van der Waals surface area (Å²) < 4.78 is 4.66. The molecule has 1 fully saturated rings. The first-order chi connectivity index (χ1) is 9.20. The van der Waals surface area contributed by atoms with Crippen LogP contribution in [-0.2, 0) is 11.3 Å². The molecule has 1 aromatic rings. The van der Waals surface area contributed by atoms with E-state index < -0.39 is 5.97 Å². The monoisotopic (exact) mass is 264 g/mol. The van der Waals surface area contributed by atoms with E-state index in [1.807, 2.05) is 6.07 Å². The summed E-state index contributed by atoms with van der Waals surface area (Å²) in [7, 11) is 1.32. The average molecular weight is 264 g/mol. The Morgan fingerprint density at radius 1 is 1.37 bits per heavy atom. The van der Waals surface area contributed by atoms with Crippen LogP contribution >= 0.6 is 0 Å². The predicted molar refractivity (Wildman–Crippen MR) is 71.9 cm³/mol. The second-order valence-electron chi connectivity index (χ2n) is 5.18. The number of esters is 1. The van der Waals surface area contributed by atoms with Gasteiger partial charge in [-0.1, -0.05) is 6.42 Å². The molecule has 4 heteroatoms. The summed E-state index contributed by atoms with van der Waals surface area (Å²) in [4.78, 5) is 11.5. The number of hydrogen-bond donors (Lipinski definition) is 2. The second-order valence-corrected chi connectivity index (χ2v) is 5.18. The molecule has 1 saturated carbocycles. The Bertz CT molecular complexity index is 439. The van der Waals surface area contributed by atoms with Crippen LogP contribution in [0.4, 0.5) is 0 Å². The molecule has 19 heavy (non-hydrogen) atoms. The van der Waals surface area contributed by atoms with Gasteiger partial charge in [-0.05, 0) is 43.9 Å². The van der Waals surface area contributed by atoms with Gasteiger partial charge < -0.3 is 15.2 Å². The number of carbonyl (C=O) groups excluding carboxylic acids is 1. The number of rotatable bonds is 4. The number of phenols is 1. The highest BCUT2D eigenvalue weighted by molar-refractivity contribution is 5.92. The zero-order chi connectivity index (χ0) is 13.7. The number of phenolic OH excluding ortho intramolecular Hbond substituents is 1. The Kier molecular flexibility index (Phi) is 4.80. The number of carbonyl (C=O) groups is 1. The van der Waals surface area contributed by atoms with Crippen molar-refractivity contribution in [2.45, 2.75) is 44.7 Å². The van der Waals surface area contributed by atoms with Crippen molar-refractivity contribution in [1.82, 2.24) is 0 Å². The van der Waals surface area contributed by atoms with Gasteiger partial charge in [0.05, 0.1) is 13.2 Å². The third-order valence-electron chi connectivity index (χ3n) is 3.80. The molecular weight excluding hydrogens is 242 g/mol. The summed E-state index contributed by atoms with van der Waals surface area (Å²) in [6.07, 6.45) is 6.56. The van der Waals surface area contributed by atoms with E-state index >= 15 is 0 Å². The van der Waals surface area contributed by atoms with Gasteiger partial charge in [0.15, 0.2) is 0 Å². The number of benzene rings is 1. The number of nitrogens with two attached hydrogens (primary N) is 1. The van der Waals surface area contributed by atoms with Crippen molar-refractivity contribution < 1.29 is 20.0 Å². The minimum absolute atomic E-state index is 0.0201. The number of methoxy groups -OCH3 is 1. The topological polar surface area (TPSA) is 63.1 Å². The summed E-state index contributed by atoms with van der Waals surface area (Å²) in [6.45, 7) is 0.842. The zero-order valence-corrected chi connectivity index (χ0v) is 11.4. The maximum absolute atomic E-state index is 11.5. The highest BCUT2D eigenvalue weighted by atomic mass is 16.5. The van der Waals surface area contributed by atoms with Gasteiger partial charge in [-0.25, -0.2) is 4.79 Å². The third kappa shape index (κ3) is 3.70. The largest absolute Gasteiger partial charge is 0.507 e. The summed E-state index contributed by atoms with van der Waals surface area (Å²) in [5.41, 5.74) is 1.29. The Morgan fingerprint density at radius 2 is 2.11 bits per heavy atom. The molecule has 4 nitrogen and oxygen atoms in total. The Hall–Kier alpha value is -1.55. The van der Waals surface area contributed by atoms with Crippen molar-refractivity contribution >= 4 is 5.97 Å². The van der Waals surface area contributed by atoms with E-state index in [-0.39, 0.29) is 11.3 Å². The van der Waals surface area contributed by atoms with Crippen LogP contribution in [0.3, 0.4) is 0 Å². The predicted octanol–water partition coefficient (Wildman–Crippen LogP) is 1.57. The summed E-state index contributed by atoms with van der Waals surface area (Å²) in [5.74, 6) is -0.509. The molecule has 0 aromatic heterocycles. The quantitative estimate of drug-likeness (QED) is 0.811. The fourth-order valence-corrected chi connectivity index (χ4v) is 2.66. The van der Waals surface area contributed by atoms with Gasteiger partial charge in [-0.15, -0.1) is 0 Å². The molecule has 0 amide bonds. The van der Waals surface area contributed by atoms with Crippen molar-refractivity contribution in [2.24, 2.45) is 0 Å². The van der Waals surface area contributed by atoms with Crippen LogP contribution in [0.1, 0.15) is 48.0 Å². The molecule has 0 aliphatic heterocycles. The lowest BCUT2D eigenvalue weighted by Gasteiger charge is -2.20. The van der Waals surface area contributed by atoms with Crippen LogP contribution in [0.15, 0.2) is 18.2 Å². The first-order valence-corrected chi connectivity index (χ1v) is 6.94. The van der Waals surface area contributed by atoms with E-state index in [1.54, 1.807) is 12.1 Å². The van der Waals surface area contributed by atoms with Crippen LogP contribution < -0.4 is 5.32 Å². The molecule has 1 aromatic carbocycles. The lowest BCUT2D eigenvalue weighted by molar-refractivity contribution is -0.706. The number of aromatic hydroxyl groups is 1. The molecule has 1 aliphatic carbocycles. The fourth-order valence-electron chi connectivity index (χ4n) is 2.66. The zero-order valence-electron chi connectivity index (χ0n) is 11.4. The van der Waals surface area contributed by atoms with Crippen LogP contribution in [0.5, 0.6) is 5.75 Å². The van der Waals surface area contributed by atoms with Crippen LogP contribution in [0, 0.1) is 0 Å². The van der Waals surface area contributed by atoms with Gasteiger partial charge in [0.25, 0.3) is 0 Å². The molecule has 2 rings (SSSR count). The first-order valence-electron chi connectivity index (χ1n) is 6.94. The maximum atomic E-state index is 11.5. The molecule has 0 unspecified atom stereocenters. The molecule has 1 aliphatic rings. The molecule has 0 bridgehead atoms. The minimum atomic E-state index is -0.489. The summed E-state index contributed by atoms with van der Waals surface area (Å²) in [5, 5.41) is 12.0. The SMILES string of the molecule is COC(=O)c1cc(C[NH2+]C2CCCCC2)ccc1O. The molecule has 3 N–H and O–H groups in total. The lowest BCUT2D eigenvalue weighted by Crippen LogP contribution is -2.88. The van der Waals surface area contributed by atoms with Crippen molar-refractivity contribution in [1.29, 1.82) is 0 Å². The minimum Gasteiger partial charge on any atom is -0.507 e. The van der Waals surface area contributed by atoms with Crippen molar-refractivity contribution in [2.75, 3.05) is 7.11 Å². The van der Waals surface area contributed by atoms with Crippen molar-refractivity contribution in [3.63, 3.8) is 0 Å². The Labute approximate surface area is 113 Å². The van der Waals surface area contributed by atoms with Crippen molar-refractivity contribution in [3.05, 3.63) is 29.3 Å². The van der Waals surface area contributed by atoms with Crippen LogP contribution in [0.2, 0.25) is 0 Å². The van der Waals surface area contributed by atoms with Crippen LogP contribution in [0.25, 0.3) is 0 Å². The van der Waals surface area contributed by atoms with Crippen LogP contribution in [-0.4, -0.2) is 24.2 Å². The third-order valence-corrected chi connectivity index (χ3v) is 3.80. The van der Waals surface area contributed by atoms with Gasteiger partial charge in [0.1, 0.15) is 17.9 Å². The van der Waals surface area contributed by atoms with Crippen molar-refractivity contribution in [3.8, 4) is 5.75 Å². The van der Waals surface area contributed by atoms with E-state index in [0.29, 0.717) is 6.04 Å². The van der Waals surface area contributed by atoms with Gasteiger partial charge >= 0.3 is 5.97 Å². The second kappa shape index (κ2) is 6.57. The van der Waals surface area contributed by atoms with Gasteiger partial charge in [0, 0.05) is 5.56 Å².